The number of aryl methyl sites for hydroxylation is 5. The second kappa shape index (κ2) is 35.7. The molecule has 8 aromatic carbocycles. The number of hydrogen-bond donors (Lipinski definition) is 8. The zero-order valence-electron chi connectivity index (χ0n) is 64.2. The Morgan fingerprint density at radius 1 is 0.320 bits per heavy atom. The highest BCUT2D eigenvalue weighted by Gasteiger charge is 2.36. The Balaban J connectivity index is 0.000000140. The molecule has 24 nitrogen and oxygen atoms in total. The van der Waals surface area contributed by atoms with Crippen molar-refractivity contribution < 1.29 is 76.3 Å². The molecular weight excluding hydrogens is 1610 g/mol. The van der Waals surface area contributed by atoms with Gasteiger partial charge in [-0.05, 0) is 143 Å². The molecule has 8 amide bonds. The summed E-state index contributed by atoms with van der Waals surface area (Å²) in [6, 6.07) is 36.3. The fourth-order valence-corrected chi connectivity index (χ4v) is 12.6. The van der Waals surface area contributed by atoms with E-state index in [2.05, 4.69) is 82.9 Å². The molecule has 0 unspecified atom stereocenters. The van der Waals surface area contributed by atoms with Gasteiger partial charge in [-0.25, -0.2) is 36.7 Å². The lowest BCUT2D eigenvalue weighted by atomic mass is 10.0. The molecule has 16 rings (SSSR count). The van der Waals surface area contributed by atoms with E-state index in [4.69, 9.17) is 0 Å². The third-order valence-corrected chi connectivity index (χ3v) is 18.8. The van der Waals surface area contributed by atoms with Crippen molar-refractivity contribution in [2.45, 2.75) is 31.9 Å². The second-order valence-electron chi connectivity index (χ2n) is 26.9. The van der Waals surface area contributed by atoms with Gasteiger partial charge >= 0.3 is 42.7 Å². The molecule has 0 bridgehead atoms. The summed E-state index contributed by atoms with van der Waals surface area (Å²) in [6.45, 7) is 1.97. The molecular formula is C85H65F13N20O4. The minimum atomic E-state index is -4.86. The van der Waals surface area contributed by atoms with Gasteiger partial charge in [-0.2, -0.15) is 59.9 Å². The highest BCUT2D eigenvalue weighted by molar-refractivity contribution is 6.04. The number of urea groups is 4. The molecule has 0 spiro atoms. The Kier molecular flexibility index (Phi) is 24.7. The number of nitrogens with zero attached hydrogens (tertiary/aromatic N) is 12. The summed E-state index contributed by atoms with van der Waals surface area (Å²) in [5, 5.41) is 40.1. The van der Waals surface area contributed by atoms with Gasteiger partial charge in [0.2, 0.25) is 0 Å². The summed E-state index contributed by atoms with van der Waals surface area (Å²) in [4.78, 5) is 65.6. The molecule has 0 radical (unpaired) electrons. The quantitative estimate of drug-likeness (QED) is 0.0500. The number of alkyl halides is 9. The van der Waals surface area contributed by atoms with Crippen LogP contribution < -0.4 is 42.5 Å². The van der Waals surface area contributed by atoms with Gasteiger partial charge in [0.25, 0.3) is 0 Å². The summed E-state index contributed by atoms with van der Waals surface area (Å²) in [6.07, 6.45) is 7.16. The van der Waals surface area contributed by atoms with Crippen LogP contribution in [-0.4, -0.2) is 83.2 Å². The maximum absolute atomic E-state index is 14.1. The fourth-order valence-electron chi connectivity index (χ4n) is 12.6. The lowest BCUT2D eigenvalue weighted by molar-refractivity contribution is -0.140. The molecule has 0 atom stereocenters. The molecule has 620 valence electrons. The van der Waals surface area contributed by atoms with Gasteiger partial charge in [-0.3, -0.25) is 38.7 Å². The van der Waals surface area contributed by atoms with Gasteiger partial charge in [0.15, 0.2) is 5.82 Å². The van der Waals surface area contributed by atoms with E-state index in [1.54, 1.807) is 184 Å². The van der Waals surface area contributed by atoms with Crippen LogP contribution in [0.1, 0.15) is 29.2 Å². The molecule has 0 fully saturated rings. The van der Waals surface area contributed by atoms with Crippen LogP contribution in [-0.2, 0) is 53.1 Å². The third-order valence-electron chi connectivity index (χ3n) is 18.8. The number of halogens is 13. The van der Waals surface area contributed by atoms with E-state index in [1.807, 2.05) is 53.4 Å². The highest BCUT2D eigenvalue weighted by Crippen LogP contribution is 2.39. The molecule has 0 saturated carbocycles. The Labute approximate surface area is 682 Å². The van der Waals surface area contributed by atoms with Crippen LogP contribution in [0.3, 0.4) is 0 Å². The van der Waals surface area contributed by atoms with E-state index >= 15 is 0 Å². The Morgan fingerprint density at radius 2 is 0.656 bits per heavy atom. The molecule has 122 heavy (non-hydrogen) atoms. The Hall–Kier alpha value is -15.6. The van der Waals surface area contributed by atoms with Gasteiger partial charge in [-0.15, -0.1) is 0 Å². The summed E-state index contributed by atoms with van der Waals surface area (Å²) < 4.78 is 177. The average molecular weight is 1680 g/mol. The molecule has 0 saturated heterocycles. The number of hydrogen-bond acceptors (Lipinski definition) is 12. The van der Waals surface area contributed by atoms with Crippen LogP contribution in [0.15, 0.2) is 244 Å². The monoisotopic (exact) mass is 1680 g/mol. The van der Waals surface area contributed by atoms with Gasteiger partial charge in [0, 0.05) is 131 Å². The topological polar surface area (TPSA) is 287 Å². The van der Waals surface area contributed by atoms with Gasteiger partial charge in [0.05, 0.1) is 99.7 Å². The number of carbonyl (C=O) groups excluding carboxylic acids is 4. The fraction of sp³-hybridized carbons (Fsp3) is 0.106. The van der Waals surface area contributed by atoms with Crippen molar-refractivity contribution in [1.82, 2.24) is 59.1 Å². The first-order valence-electron chi connectivity index (χ1n) is 36.4. The minimum Gasteiger partial charge on any atom is -0.308 e. The Bertz CT molecular complexity index is 6540. The van der Waals surface area contributed by atoms with Crippen molar-refractivity contribution in [3.8, 4) is 44.5 Å². The van der Waals surface area contributed by atoms with Crippen molar-refractivity contribution in [2.24, 2.45) is 28.2 Å². The van der Waals surface area contributed by atoms with Gasteiger partial charge < -0.3 is 42.5 Å². The molecule has 0 aliphatic carbocycles. The van der Waals surface area contributed by atoms with Crippen LogP contribution in [0, 0.1) is 23.3 Å². The van der Waals surface area contributed by atoms with Crippen molar-refractivity contribution in [3.05, 3.63) is 290 Å². The van der Waals surface area contributed by atoms with Gasteiger partial charge in [0.1, 0.15) is 17.5 Å². The summed E-state index contributed by atoms with van der Waals surface area (Å²) in [5.74, 6) is -4.53. The van der Waals surface area contributed by atoms with Crippen molar-refractivity contribution in [1.29, 1.82) is 0 Å². The van der Waals surface area contributed by atoms with Crippen LogP contribution in [0.2, 0.25) is 0 Å². The summed E-state index contributed by atoms with van der Waals surface area (Å²) in [7, 11) is 7.32. The first-order chi connectivity index (χ1) is 58.2. The van der Waals surface area contributed by atoms with E-state index in [-0.39, 0.29) is 17.1 Å². The predicted molar refractivity (Wildman–Crippen MR) is 436 cm³/mol. The van der Waals surface area contributed by atoms with E-state index in [0.717, 1.165) is 124 Å². The number of aromatic nitrogens is 12. The molecule has 8 heterocycles. The van der Waals surface area contributed by atoms with Crippen LogP contribution in [0.4, 0.5) is 122 Å². The van der Waals surface area contributed by atoms with E-state index < -0.39 is 88.3 Å². The number of amides is 8. The lowest BCUT2D eigenvalue weighted by Gasteiger charge is -2.13. The number of benzene rings is 8. The number of fused-ring (bicyclic) bond motifs is 4. The highest BCUT2D eigenvalue weighted by atomic mass is 19.4. The van der Waals surface area contributed by atoms with E-state index in [1.165, 1.54) is 6.07 Å². The second-order valence-corrected chi connectivity index (χ2v) is 26.9. The first-order valence-corrected chi connectivity index (χ1v) is 36.4. The van der Waals surface area contributed by atoms with Gasteiger partial charge in [-0.1, -0.05) is 67.6 Å². The zero-order valence-corrected chi connectivity index (χ0v) is 64.2. The van der Waals surface area contributed by atoms with E-state index in [0.29, 0.717) is 53.1 Å². The third kappa shape index (κ3) is 20.0. The van der Waals surface area contributed by atoms with Crippen LogP contribution in [0.25, 0.3) is 88.1 Å². The largest absolute Gasteiger partial charge is 0.419 e. The maximum Gasteiger partial charge on any atom is 0.419 e. The molecule has 0 aliphatic heterocycles. The summed E-state index contributed by atoms with van der Waals surface area (Å²) >= 11 is 0. The number of rotatable bonds is 13. The van der Waals surface area contributed by atoms with E-state index in [9.17, 15) is 76.3 Å². The standard InChI is InChI=1S/C22H20FN5O.3C21H15F4N5O/c1-3-14-4-9-19(23)20(10-14)27-22(29)26-16-7-5-15(6-8-16)17-11-24-13-21-18(17)12-25-28(21)2;1-30-19-11-26-9-17(18(19)10-27-30)12-2-4-15(5-3-12)28-20(31)29-16-7-13(21(23,24)25)6-14(22)8-16;1-30-19-11-26-9-15(16(19)10-27-30)12-2-4-13(5-3-12)28-20(31)29-14-6-7-18(22)17(8-14)21(23,24)25;1-30-18-11-26-9-14(15(18)10-27-30)12-5-7-13(8-6-12)28-20(31)29-17-4-2-3-16(19(17)22)21(23,24)25/h4-13H,3H2,1-2H3,(H2,26,27,29);3*2-11H,1H3,(H2,28,29,31). The molecule has 8 aromatic heterocycles. The average Bonchev–Trinajstić information content (AvgIpc) is 1.65. The lowest BCUT2D eigenvalue weighted by Crippen LogP contribution is -2.21. The first kappa shape index (κ1) is 84.3. The number of anilines is 8. The maximum atomic E-state index is 14.1. The van der Waals surface area contributed by atoms with Crippen LogP contribution in [0.5, 0.6) is 0 Å². The predicted octanol–water partition coefficient (Wildman–Crippen LogP) is 21.3. The van der Waals surface area contributed by atoms with Crippen LogP contribution >= 0.6 is 0 Å². The smallest absolute Gasteiger partial charge is 0.308 e. The molecule has 37 heteroatoms. The number of carbonyl (C=O) groups is 4. The van der Waals surface area contributed by atoms with Crippen molar-refractivity contribution in [3.63, 3.8) is 0 Å². The SMILES string of the molecule is CCc1ccc(F)c(NC(=O)Nc2ccc(-c3cncc4c3cnn4C)cc2)c1.Cn1ncc2c(-c3ccc(NC(=O)Nc4cc(F)cc(C(F)(F)F)c4)cc3)cncc21.Cn1ncc2c(-c3ccc(NC(=O)Nc4ccc(F)c(C(F)(F)F)c4)cc3)cncc21.Cn1ncc2c(-c3ccc(NC(=O)Nc4cccc(C(F)(F)F)c4F)cc3)cncc21. The Morgan fingerprint density at radius 3 is 1.02 bits per heavy atom. The summed E-state index contributed by atoms with van der Waals surface area (Å²) in [5.41, 5.74) is 8.34. The van der Waals surface area contributed by atoms with Crippen molar-refractivity contribution >= 4 is 113 Å². The molecule has 0 aliphatic rings. The molecule has 8 N–H and O–H groups in total. The minimum absolute atomic E-state index is 0.160. The van der Waals surface area contributed by atoms with Crippen molar-refractivity contribution in [2.75, 3.05) is 42.5 Å². The molecule has 16 aromatic rings. The zero-order chi connectivity index (χ0) is 86.9. The number of pyridine rings is 4. The normalized spacial score (nSPS) is 11.4. The number of nitrogens with one attached hydrogen (secondary N) is 8.